The monoisotopic (exact) mass is 289 g/mol. The third-order valence-corrected chi connectivity index (χ3v) is 3.71. The normalized spacial score (nSPS) is 15.0. The molecular weight excluding hydrogens is 274 g/mol. The van der Waals surface area contributed by atoms with E-state index in [1.165, 1.54) is 0 Å². The van der Waals surface area contributed by atoms with E-state index < -0.39 is 0 Å². The number of nitrogens with one attached hydrogen (secondary N) is 2. The van der Waals surface area contributed by atoms with E-state index in [9.17, 15) is 4.79 Å². The van der Waals surface area contributed by atoms with Crippen molar-refractivity contribution in [2.75, 3.05) is 12.3 Å². The lowest BCUT2D eigenvalue weighted by molar-refractivity contribution is 0.242. The molecule has 0 saturated carbocycles. The van der Waals surface area contributed by atoms with Crippen molar-refractivity contribution < 1.29 is 0 Å². The van der Waals surface area contributed by atoms with E-state index in [-0.39, 0.29) is 5.56 Å². The molecule has 0 radical (unpaired) electrons. The summed E-state index contributed by atoms with van der Waals surface area (Å²) in [5.74, 6) is 0.541. The summed E-state index contributed by atoms with van der Waals surface area (Å²) in [5, 5.41) is 0. The molecule has 20 heavy (non-hydrogen) atoms. The van der Waals surface area contributed by atoms with Crippen LogP contribution in [-0.4, -0.2) is 26.4 Å². The van der Waals surface area contributed by atoms with Gasteiger partial charge in [-0.3, -0.25) is 14.7 Å². The summed E-state index contributed by atoms with van der Waals surface area (Å²) in [5.41, 5.74) is 8.43. The number of nitrogens with zero attached hydrogens (tertiary/aromatic N) is 2. The van der Waals surface area contributed by atoms with E-state index in [1.54, 1.807) is 6.20 Å². The van der Waals surface area contributed by atoms with E-state index in [1.807, 2.05) is 12.1 Å². The number of hydrogen-bond acceptors (Lipinski definition) is 5. The van der Waals surface area contributed by atoms with Gasteiger partial charge in [0.2, 0.25) is 0 Å². The highest BCUT2D eigenvalue weighted by molar-refractivity contribution is 7.71. The van der Waals surface area contributed by atoms with Crippen LogP contribution in [-0.2, 0) is 19.5 Å². The molecule has 1 aliphatic heterocycles. The van der Waals surface area contributed by atoms with Crippen LogP contribution >= 0.6 is 12.2 Å². The van der Waals surface area contributed by atoms with Gasteiger partial charge in [-0.2, -0.15) is 0 Å². The van der Waals surface area contributed by atoms with Crippen molar-refractivity contribution in [2.24, 2.45) is 0 Å². The average molecular weight is 289 g/mol. The van der Waals surface area contributed by atoms with Gasteiger partial charge in [0.25, 0.3) is 5.56 Å². The SMILES string of the molecule is Nc1ncccc1CN1CCc2[nH]c(=S)[nH]c(=O)c2C1. The summed E-state index contributed by atoms with van der Waals surface area (Å²) in [6, 6.07) is 3.83. The van der Waals surface area contributed by atoms with E-state index in [4.69, 9.17) is 18.0 Å². The molecule has 3 rings (SSSR count). The quantitative estimate of drug-likeness (QED) is 0.717. The van der Waals surface area contributed by atoms with Gasteiger partial charge in [0, 0.05) is 43.5 Å². The molecule has 0 saturated heterocycles. The first-order valence-corrected chi connectivity index (χ1v) is 6.80. The summed E-state index contributed by atoms with van der Waals surface area (Å²) in [7, 11) is 0. The molecule has 2 aromatic heterocycles. The second-order valence-corrected chi connectivity index (χ2v) is 5.28. The highest BCUT2D eigenvalue weighted by Gasteiger charge is 2.20. The molecule has 0 aliphatic carbocycles. The minimum absolute atomic E-state index is 0.104. The smallest absolute Gasteiger partial charge is 0.256 e. The molecule has 3 heterocycles. The number of aromatic nitrogens is 3. The van der Waals surface area contributed by atoms with Crippen LogP contribution in [0.1, 0.15) is 16.8 Å². The molecule has 4 N–H and O–H groups in total. The molecule has 1 aliphatic rings. The average Bonchev–Trinajstić information content (AvgIpc) is 2.42. The maximum atomic E-state index is 11.9. The van der Waals surface area contributed by atoms with E-state index in [0.717, 1.165) is 29.8 Å². The number of hydrogen-bond donors (Lipinski definition) is 3. The molecule has 0 atom stereocenters. The van der Waals surface area contributed by atoms with E-state index in [0.29, 0.717) is 23.7 Å². The third-order valence-electron chi connectivity index (χ3n) is 3.51. The van der Waals surface area contributed by atoms with Crippen LogP contribution in [0.5, 0.6) is 0 Å². The minimum atomic E-state index is -0.104. The van der Waals surface area contributed by atoms with Crippen LogP contribution in [0.3, 0.4) is 0 Å². The Kier molecular flexibility index (Phi) is 3.37. The van der Waals surface area contributed by atoms with Crippen molar-refractivity contribution in [2.45, 2.75) is 19.5 Å². The first kappa shape index (κ1) is 13.0. The fourth-order valence-corrected chi connectivity index (χ4v) is 2.69. The summed E-state index contributed by atoms with van der Waals surface area (Å²) in [6.07, 6.45) is 2.46. The highest BCUT2D eigenvalue weighted by Crippen LogP contribution is 2.17. The number of pyridine rings is 1. The Morgan fingerprint density at radius 3 is 3.10 bits per heavy atom. The fraction of sp³-hybridized carbons (Fsp3) is 0.308. The molecule has 6 nitrogen and oxygen atoms in total. The number of anilines is 1. The Bertz CT molecular complexity index is 751. The lowest BCUT2D eigenvalue weighted by Crippen LogP contribution is -2.35. The van der Waals surface area contributed by atoms with Crippen LogP contribution in [0.4, 0.5) is 5.82 Å². The molecule has 2 aromatic rings. The van der Waals surface area contributed by atoms with Crippen molar-refractivity contribution in [3.05, 3.63) is 50.3 Å². The zero-order chi connectivity index (χ0) is 14.1. The first-order chi connectivity index (χ1) is 9.63. The number of aromatic amines is 2. The number of fused-ring (bicyclic) bond motifs is 1. The van der Waals surface area contributed by atoms with Gasteiger partial charge in [0.15, 0.2) is 4.77 Å². The molecule has 0 spiro atoms. The van der Waals surface area contributed by atoms with Gasteiger partial charge in [0.1, 0.15) is 5.82 Å². The van der Waals surface area contributed by atoms with Gasteiger partial charge in [-0.25, -0.2) is 4.98 Å². The predicted octanol–water partition coefficient (Wildman–Crippen LogP) is 0.968. The van der Waals surface area contributed by atoms with Crippen LogP contribution in [0.15, 0.2) is 23.1 Å². The number of H-pyrrole nitrogens is 2. The van der Waals surface area contributed by atoms with Gasteiger partial charge >= 0.3 is 0 Å². The number of nitrogen functional groups attached to an aromatic ring is 1. The molecule has 0 unspecified atom stereocenters. The zero-order valence-corrected chi connectivity index (χ0v) is 11.7. The summed E-state index contributed by atoms with van der Waals surface area (Å²) >= 11 is 4.99. The predicted molar refractivity (Wildman–Crippen MR) is 78.7 cm³/mol. The Morgan fingerprint density at radius 1 is 1.45 bits per heavy atom. The largest absolute Gasteiger partial charge is 0.383 e. The molecule has 0 amide bonds. The fourth-order valence-electron chi connectivity index (χ4n) is 2.47. The summed E-state index contributed by atoms with van der Waals surface area (Å²) < 4.78 is 0.388. The van der Waals surface area contributed by atoms with Crippen LogP contribution in [0, 0.1) is 4.77 Å². The summed E-state index contributed by atoms with van der Waals surface area (Å²) in [4.78, 5) is 23.9. The lowest BCUT2D eigenvalue weighted by Gasteiger charge is -2.27. The Morgan fingerprint density at radius 2 is 2.30 bits per heavy atom. The van der Waals surface area contributed by atoms with Crippen molar-refractivity contribution in [1.82, 2.24) is 19.9 Å². The van der Waals surface area contributed by atoms with Gasteiger partial charge in [-0.15, -0.1) is 0 Å². The molecule has 104 valence electrons. The van der Waals surface area contributed by atoms with Crippen molar-refractivity contribution >= 4 is 18.0 Å². The Labute approximate surface area is 120 Å². The molecular formula is C13H15N5OS. The van der Waals surface area contributed by atoms with Crippen molar-refractivity contribution in [3.63, 3.8) is 0 Å². The van der Waals surface area contributed by atoms with E-state index in [2.05, 4.69) is 19.9 Å². The van der Waals surface area contributed by atoms with Crippen LogP contribution in [0.2, 0.25) is 0 Å². The van der Waals surface area contributed by atoms with E-state index >= 15 is 0 Å². The number of nitrogens with two attached hydrogens (primary N) is 1. The molecule has 0 aromatic carbocycles. The van der Waals surface area contributed by atoms with Gasteiger partial charge in [0.05, 0.1) is 5.56 Å². The van der Waals surface area contributed by atoms with Gasteiger partial charge < -0.3 is 10.7 Å². The minimum Gasteiger partial charge on any atom is -0.383 e. The van der Waals surface area contributed by atoms with Crippen LogP contribution < -0.4 is 11.3 Å². The second-order valence-electron chi connectivity index (χ2n) is 4.87. The first-order valence-electron chi connectivity index (χ1n) is 6.39. The number of rotatable bonds is 2. The third kappa shape index (κ3) is 2.50. The summed E-state index contributed by atoms with van der Waals surface area (Å²) in [6.45, 7) is 2.13. The Hall–Kier alpha value is -1.99. The van der Waals surface area contributed by atoms with Crippen molar-refractivity contribution in [3.8, 4) is 0 Å². The van der Waals surface area contributed by atoms with Crippen LogP contribution in [0.25, 0.3) is 0 Å². The Balaban J connectivity index is 1.84. The molecule has 7 heteroatoms. The standard InChI is InChI=1S/C13H15N5OS/c14-11-8(2-1-4-15-11)6-18-5-3-10-9(7-18)12(19)17-13(20)16-10/h1-2,4H,3,5-7H2,(H2,14,15)(H2,16,17,19,20). The van der Waals surface area contributed by atoms with Crippen molar-refractivity contribution in [1.29, 1.82) is 0 Å². The zero-order valence-electron chi connectivity index (χ0n) is 10.8. The topological polar surface area (TPSA) is 90.8 Å². The maximum Gasteiger partial charge on any atom is 0.256 e. The highest BCUT2D eigenvalue weighted by atomic mass is 32.1. The van der Waals surface area contributed by atoms with Gasteiger partial charge in [-0.1, -0.05) is 6.07 Å². The lowest BCUT2D eigenvalue weighted by atomic mass is 10.1. The van der Waals surface area contributed by atoms with Gasteiger partial charge in [-0.05, 0) is 18.3 Å². The second kappa shape index (κ2) is 5.18. The molecule has 0 bridgehead atoms. The maximum absolute atomic E-state index is 11.9. The molecule has 0 fully saturated rings.